The van der Waals surface area contributed by atoms with Crippen LogP contribution in [0.5, 0.6) is 0 Å². The van der Waals surface area contributed by atoms with Crippen molar-refractivity contribution in [1.29, 1.82) is 0 Å². The molecule has 1 aromatic heterocycles. The van der Waals surface area contributed by atoms with E-state index in [1.807, 2.05) is 6.07 Å². The fraction of sp³-hybridized carbons (Fsp3) is 0.600. The van der Waals surface area contributed by atoms with Crippen LogP contribution in [0.1, 0.15) is 30.6 Å². The van der Waals surface area contributed by atoms with Crippen molar-refractivity contribution in [3.05, 3.63) is 21.3 Å². The molecule has 0 saturated heterocycles. The van der Waals surface area contributed by atoms with E-state index in [-0.39, 0.29) is 17.8 Å². The standard InChI is InChI=1S/C10H14ClNS.ClH/c11-9-4-3-8(13-9)10(7-12)5-1-2-6-10;/h3-4H,1-2,5-7,12H2;1H. The molecule has 0 amide bonds. The average molecular weight is 252 g/mol. The zero-order valence-electron chi connectivity index (χ0n) is 7.96. The van der Waals surface area contributed by atoms with Gasteiger partial charge in [0.15, 0.2) is 0 Å². The van der Waals surface area contributed by atoms with Crippen molar-refractivity contribution < 1.29 is 0 Å². The topological polar surface area (TPSA) is 26.0 Å². The first-order valence-corrected chi connectivity index (χ1v) is 5.92. The summed E-state index contributed by atoms with van der Waals surface area (Å²) in [7, 11) is 0. The lowest BCUT2D eigenvalue weighted by Crippen LogP contribution is -2.30. The van der Waals surface area contributed by atoms with Crippen LogP contribution in [0.3, 0.4) is 0 Å². The van der Waals surface area contributed by atoms with E-state index >= 15 is 0 Å². The molecule has 0 unspecified atom stereocenters. The van der Waals surface area contributed by atoms with E-state index in [0.29, 0.717) is 0 Å². The molecule has 4 heteroatoms. The van der Waals surface area contributed by atoms with E-state index < -0.39 is 0 Å². The Morgan fingerprint density at radius 3 is 2.43 bits per heavy atom. The van der Waals surface area contributed by atoms with E-state index in [1.54, 1.807) is 11.3 Å². The molecular weight excluding hydrogens is 237 g/mol. The maximum Gasteiger partial charge on any atom is 0.0931 e. The van der Waals surface area contributed by atoms with E-state index in [0.717, 1.165) is 10.9 Å². The third-order valence-corrected chi connectivity index (χ3v) is 4.52. The highest BCUT2D eigenvalue weighted by molar-refractivity contribution is 7.16. The fourth-order valence-electron chi connectivity index (χ4n) is 2.20. The minimum atomic E-state index is 0. The second kappa shape index (κ2) is 4.84. The number of halogens is 2. The van der Waals surface area contributed by atoms with Crippen molar-refractivity contribution in [2.24, 2.45) is 5.73 Å². The Balaban J connectivity index is 0.000000980. The number of hydrogen-bond donors (Lipinski definition) is 1. The molecule has 1 aliphatic rings. The summed E-state index contributed by atoms with van der Waals surface area (Å²) in [6.45, 7) is 0.768. The van der Waals surface area contributed by atoms with E-state index in [4.69, 9.17) is 17.3 Å². The zero-order chi connectivity index (χ0) is 9.31. The predicted molar refractivity (Wildman–Crippen MR) is 65.8 cm³/mol. The van der Waals surface area contributed by atoms with Crippen LogP contribution in [0.4, 0.5) is 0 Å². The highest BCUT2D eigenvalue weighted by Gasteiger charge is 2.35. The minimum Gasteiger partial charge on any atom is -0.330 e. The summed E-state index contributed by atoms with van der Waals surface area (Å²) in [5.41, 5.74) is 6.14. The van der Waals surface area contributed by atoms with Crippen LogP contribution >= 0.6 is 35.3 Å². The third-order valence-electron chi connectivity index (χ3n) is 3.05. The molecule has 0 aliphatic heterocycles. The lowest BCUT2D eigenvalue weighted by Gasteiger charge is -2.25. The lowest BCUT2D eigenvalue weighted by atomic mass is 9.85. The van der Waals surface area contributed by atoms with Crippen LogP contribution in [0, 0.1) is 0 Å². The van der Waals surface area contributed by atoms with Crippen LogP contribution in [0.15, 0.2) is 12.1 Å². The van der Waals surface area contributed by atoms with Crippen LogP contribution in [-0.4, -0.2) is 6.54 Å². The van der Waals surface area contributed by atoms with Crippen molar-refractivity contribution in [3.8, 4) is 0 Å². The molecule has 1 heterocycles. The largest absolute Gasteiger partial charge is 0.330 e. The summed E-state index contributed by atoms with van der Waals surface area (Å²) in [6, 6.07) is 4.13. The Morgan fingerprint density at radius 1 is 1.36 bits per heavy atom. The monoisotopic (exact) mass is 251 g/mol. The van der Waals surface area contributed by atoms with Gasteiger partial charge in [-0.15, -0.1) is 23.7 Å². The van der Waals surface area contributed by atoms with Gasteiger partial charge in [0.05, 0.1) is 4.34 Å². The molecule has 1 nitrogen and oxygen atoms in total. The van der Waals surface area contributed by atoms with Crippen LogP contribution in [0.2, 0.25) is 4.34 Å². The smallest absolute Gasteiger partial charge is 0.0931 e. The van der Waals surface area contributed by atoms with Crippen molar-refractivity contribution in [3.63, 3.8) is 0 Å². The first-order valence-electron chi connectivity index (χ1n) is 4.73. The van der Waals surface area contributed by atoms with Gasteiger partial charge < -0.3 is 5.73 Å². The lowest BCUT2D eigenvalue weighted by molar-refractivity contribution is 0.462. The maximum atomic E-state index is 5.94. The average Bonchev–Trinajstić information content (AvgIpc) is 2.73. The van der Waals surface area contributed by atoms with Gasteiger partial charge in [0.25, 0.3) is 0 Å². The van der Waals surface area contributed by atoms with Gasteiger partial charge in [0, 0.05) is 16.8 Å². The van der Waals surface area contributed by atoms with Crippen LogP contribution < -0.4 is 5.73 Å². The number of rotatable bonds is 2. The van der Waals surface area contributed by atoms with E-state index in [9.17, 15) is 0 Å². The quantitative estimate of drug-likeness (QED) is 0.855. The highest BCUT2D eigenvalue weighted by atomic mass is 35.5. The maximum absolute atomic E-state index is 5.94. The normalized spacial score (nSPS) is 19.3. The number of hydrogen-bond acceptors (Lipinski definition) is 2. The molecule has 0 spiro atoms. The molecule has 1 aromatic rings. The van der Waals surface area contributed by atoms with Crippen molar-refractivity contribution in [1.82, 2.24) is 0 Å². The molecule has 1 saturated carbocycles. The van der Waals surface area contributed by atoms with Gasteiger partial charge in [0.1, 0.15) is 0 Å². The summed E-state index contributed by atoms with van der Waals surface area (Å²) < 4.78 is 0.884. The Kier molecular flexibility index (Phi) is 4.26. The molecule has 2 rings (SSSR count). The zero-order valence-corrected chi connectivity index (χ0v) is 10.4. The summed E-state index contributed by atoms with van der Waals surface area (Å²) in [4.78, 5) is 1.39. The number of thiophene rings is 1. The molecule has 1 fully saturated rings. The fourth-order valence-corrected chi connectivity index (χ4v) is 3.50. The van der Waals surface area contributed by atoms with Crippen molar-refractivity contribution in [2.75, 3.05) is 6.54 Å². The van der Waals surface area contributed by atoms with Crippen molar-refractivity contribution in [2.45, 2.75) is 31.1 Å². The van der Waals surface area contributed by atoms with Gasteiger partial charge in [0.2, 0.25) is 0 Å². The molecule has 2 N–H and O–H groups in total. The molecule has 0 atom stereocenters. The van der Waals surface area contributed by atoms with Crippen molar-refractivity contribution >= 4 is 35.3 Å². The third kappa shape index (κ3) is 2.08. The molecule has 0 bridgehead atoms. The molecule has 0 aromatic carbocycles. The molecule has 14 heavy (non-hydrogen) atoms. The first kappa shape index (κ1) is 12.3. The minimum absolute atomic E-state index is 0. The molecular formula is C10H15Cl2NS. The van der Waals surface area contributed by atoms with Crippen LogP contribution in [-0.2, 0) is 5.41 Å². The second-order valence-electron chi connectivity index (χ2n) is 3.80. The van der Waals surface area contributed by atoms with Gasteiger partial charge in [-0.3, -0.25) is 0 Å². The Bertz CT molecular complexity index is 292. The highest BCUT2D eigenvalue weighted by Crippen LogP contribution is 2.43. The summed E-state index contributed by atoms with van der Waals surface area (Å²) in [6.07, 6.45) is 5.10. The van der Waals surface area contributed by atoms with E-state index in [1.165, 1.54) is 30.6 Å². The van der Waals surface area contributed by atoms with Crippen LogP contribution in [0.25, 0.3) is 0 Å². The Labute approximate surface area is 100 Å². The van der Waals surface area contributed by atoms with Gasteiger partial charge in [-0.05, 0) is 25.0 Å². The Morgan fingerprint density at radius 2 is 2.00 bits per heavy atom. The number of nitrogens with two attached hydrogens (primary N) is 1. The first-order chi connectivity index (χ1) is 6.27. The van der Waals surface area contributed by atoms with E-state index in [2.05, 4.69) is 6.07 Å². The Hall–Kier alpha value is 0.240. The van der Waals surface area contributed by atoms with Gasteiger partial charge in [-0.2, -0.15) is 0 Å². The summed E-state index contributed by atoms with van der Waals surface area (Å²) >= 11 is 7.63. The SMILES string of the molecule is Cl.NCC1(c2ccc(Cl)s2)CCCC1. The van der Waals surface area contributed by atoms with Gasteiger partial charge in [-0.1, -0.05) is 24.4 Å². The van der Waals surface area contributed by atoms with Gasteiger partial charge >= 0.3 is 0 Å². The molecule has 80 valence electrons. The van der Waals surface area contributed by atoms with Gasteiger partial charge in [-0.25, -0.2) is 0 Å². The second-order valence-corrected chi connectivity index (χ2v) is 5.51. The summed E-state index contributed by atoms with van der Waals surface area (Å²) in [5.74, 6) is 0. The molecule has 1 aliphatic carbocycles. The summed E-state index contributed by atoms with van der Waals surface area (Å²) in [5, 5.41) is 0. The predicted octanol–water partition coefficient (Wildman–Crippen LogP) is 3.59. The molecule has 0 radical (unpaired) electrons.